The summed E-state index contributed by atoms with van der Waals surface area (Å²) in [5.74, 6) is 2.06. The highest BCUT2D eigenvalue weighted by Crippen LogP contribution is 2.26. The lowest BCUT2D eigenvalue weighted by Gasteiger charge is -2.30. The third-order valence-corrected chi connectivity index (χ3v) is 4.48. The second-order valence-electron chi connectivity index (χ2n) is 6.08. The minimum absolute atomic E-state index is 0.0135. The Labute approximate surface area is 138 Å². The number of carbonyl (C=O) groups excluding carboxylic acids is 1. The van der Waals surface area contributed by atoms with Crippen LogP contribution in [0.3, 0.4) is 0 Å². The molecule has 3 N–H and O–H groups in total. The molecule has 1 fully saturated rings. The number of hydrogen-bond acceptors (Lipinski definition) is 4. The van der Waals surface area contributed by atoms with Gasteiger partial charge in [-0.15, -0.1) is 0 Å². The lowest BCUT2D eigenvalue weighted by molar-refractivity contribution is -0.122. The number of nitrogens with one attached hydrogen (secondary N) is 1. The van der Waals surface area contributed by atoms with E-state index in [0.29, 0.717) is 25.5 Å². The lowest BCUT2D eigenvalue weighted by atomic mass is 9.84. The summed E-state index contributed by atoms with van der Waals surface area (Å²) in [5.41, 5.74) is 5.84. The Hall–Kier alpha value is -1.75. The fourth-order valence-electron chi connectivity index (χ4n) is 3.12. The molecular weight excluding hydrogens is 292 g/mol. The van der Waals surface area contributed by atoms with E-state index in [0.717, 1.165) is 11.5 Å². The Morgan fingerprint density at radius 3 is 2.48 bits per heavy atom. The van der Waals surface area contributed by atoms with Crippen LogP contribution in [-0.2, 0) is 4.79 Å². The molecule has 2 rings (SSSR count). The van der Waals surface area contributed by atoms with Gasteiger partial charge in [0.05, 0.1) is 20.1 Å². The highest BCUT2D eigenvalue weighted by atomic mass is 16.5. The molecule has 0 radical (unpaired) electrons. The van der Waals surface area contributed by atoms with Crippen LogP contribution < -0.4 is 20.5 Å². The number of rotatable bonds is 8. The van der Waals surface area contributed by atoms with E-state index in [2.05, 4.69) is 5.32 Å². The molecular formula is C18H28N2O3. The van der Waals surface area contributed by atoms with Crippen LogP contribution in [0.1, 0.15) is 38.5 Å². The van der Waals surface area contributed by atoms with Crippen LogP contribution in [0.2, 0.25) is 0 Å². The molecule has 0 spiro atoms. The zero-order chi connectivity index (χ0) is 16.5. The Kier molecular flexibility index (Phi) is 7.20. The van der Waals surface area contributed by atoms with Crippen molar-refractivity contribution in [3.63, 3.8) is 0 Å². The van der Waals surface area contributed by atoms with Crippen LogP contribution in [-0.4, -0.2) is 32.2 Å². The topological polar surface area (TPSA) is 73.6 Å². The predicted octanol–water partition coefficient (Wildman–Crippen LogP) is 2.49. The van der Waals surface area contributed by atoms with Crippen molar-refractivity contribution in [2.45, 2.75) is 44.6 Å². The van der Waals surface area contributed by atoms with Gasteiger partial charge in [0.25, 0.3) is 0 Å². The van der Waals surface area contributed by atoms with Crippen molar-refractivity contribution in [2.24, 2.45) is 11.7 Å². The highest BCUT2D eigenvalue weighted by Gasteiger charge is 2.23. The van der Waals surface area contributed by atoms with Crippen molar-refractivity contribution < 1.29 is 14.3 Å². The number of ether oxygens (including phenoxy) is 2. The molecule has 0 aliphatic heterocycles. The van der Waals surface area contributed by atoms with Crippen molar-refractivity contribution in [1.82, 2.24) is 5.32 Å². The molecule has 1 aromatic rings. The maximum atomic E-state index is 12.1. The van der Waals surface area contributed by atoms with E-state index in [1.807, 2.05) is 24.3 Å². The van der Waals surface area contributed by atoms with Gasteiger partial charge >= 0.3 is 0 Å². The highest BCUT2D eigenvalue weighted by molar-refractivity contribution is 5.76. The zero-order valence-electron chi connectivity index (χ0n) is 13.9. The van der Waals surface area contributed by atoms with Crippen LogP contribution >= 0.6 is 0 Å². The monoisotopic (exact) mass is 320 g/mol. The van der Waals surface area contributed by atoms with Gasteiger partial charge in [-0.3, -0.25) is 4.79 Å². The van der Waals surface area contributed by atoms with Crippen LogP contribution in [0.25, 0.3) is 0 Å². The van der Waals surface area contributed by atoms with E-state index in [9.17, 15) is 4.79 Å². The molecule has 1 atom stereocenters. The first-order chi connectivity index (χ1) is 11.2. The molecule has 128 valence electrons. The SMILES string of the molecule is COc1ccc(OCCC(=O)NC(CN)C2CCCCC2)cc1. The van der Waals surface area contributed by atoms with E-state index >= 15 is 0 Å². The van der Waals surface area contributed by atoms with Gasteiger partial charge in [-0.2, -0.15) is 0 Å². The molecule has 1 aliphatic rings. The molecule has 0 heterocycles. The fraction of sp³-hybridized carbons (Fsp3) is 0.611. The van der Waals surface area contributed by atoms with Gasteiger partial charge in [-0.05, 0) is 43.0 Å². The Balaban J connectivity index is 1.70. The third-order valence-electron chi connectivity index (χ3n) is 4.48. The second-order valence-corrected chi connectivity index (χ2v) is 6.08. The summed E-state index contributed by atoms with van der Waals surface area (Å²) in [6, 6.07) is 7.44. The van der Waals surface area contributed by atoms with Crippen molar-refractivity contribution >= 4 is 5.91 Å². The van der Waals surface area contributed by atoms with E-state index in [-0.39, 0.29) is 11.9 Å². The van der Waals surface area contributed by atoms with Gasteiger partial charge in [-0.1, -0.05) is 19.3 Å². The number of methoxy groups -OCH3 is 1. The van der Waals surface area contributed by atoms with Crippen molar-refractivity contribution in [2.75, 3.05) is 20.3 Å². The number of amides is 1. The van der Waals surface area contributed by atoms with Gasteiger partial charge in [0, 0.05) is 12.6 Å². The molecule has 1 amide bonds. The molecule has 0 bridgehead atoms. The third kappa shape index (κ3) is 5.75. The van der Waals surface area contributed by atoms with Crippen molar-refractivity contribution in [1.29, 1.82) is 0 Å². The average Bonchev–Trinajstić information content (AvgIpc) is 2.61. The summed E-state index contributed by atoms with van der Waals surface area (Å²) in [4.78, 5) is 12.1. The van der Waals surface area contributed by atoms with Crippen LogP contribution in [0, 0.1) is 5.92 Å². The Morgan fingerprint density at radius 1 is 1.22 bits per heavy atom. The number of nitrogens with two attached hydrogens (primary N) is 1. The van der Waals surface area contributed by atoms with Gasteiger partial charge < -0.3 is 20.5 Å². The first kappa shape index (κ1) is 17.6. The minimum atomic E-state index is 0.0135. The summed E-state index contributed by atoms with van der Waals surface area (Å²) >= 11 is 0. The molecule has 23 heavy (non-hydrogen) atoms. The van der Waals surface area contributed by atoms with Crippen LogP contribution in [0.5, 0.6) is 11.5 Å². The Morgan fingerprint density at radius 2 is 1.87 bits per heavy atom. The zero-order valence-corrected chi connectivity index (χ0v) is 13.9. The van der Waals surface area contributed by atoms with Crippen molar-refractivity contribution in [3.05, 3.63) is 24.3 Å². The molecule has 5 nitrogen and oxygen atoms in total. The molecule has 1 saturated carbocycles. The van der Waals surface area contributed by atoms with Gasteiger partial charge in [0.2, 0.25) is 5.91 Å². The van der Waals surface area contributed by atoms with Gasteiger partial charge in [0.15, 0.2) is 0 Å². The second kappa shape index (κ2) is 9.40. The minimum Gasteiger partial charge on any atom is -0.497 e. The Bertz CT molecular complexity index is 470. The largest absolute Gasteiger partial charge is 0.497 e. The predicted molar refractivity (Wildman–Crippen MR) is 90.7 cm³/mol. The molecule has 0 aromatic heterocycles. The quantitative estimate of drug-likeness (QED) is 0.772. The van der Waals surface area contributed by atoms with Gasteiger partial charge in [-0.25, -0.2) is 0 Å². The van der Waals surface area contributed by atoms with E-state index in [1.165, 1.54) is 32.1 Å². The number of carbonyl (C=O) groups is 1. The average molecular weight is 320 g/mol. The molecule has 5 heteroatoms. The van der Waals surface area contributed by atoms with E-state index in [1.54, 1.807) is 7.11 Å². The number of hydrogen-bond donors (Lipinski definition) is 2. The standard InChI is InChI=1S/C18H28N2O3/c1-22-15-7-9-16(10-8-15)23-12-11-18(21)20-17(13-19)14-5-3-2-4-6-14/h7-10,14,17H,2-6,11-13,19H2,1H3,(H,20,21). The molecule has 1 unspecified atom stereocenters. The molecule has 1 aliphatic carbocycles. The maximum absolute atomic E-state index is 12.1. The first-order valence-electron chi connectivity index (χ1n) is 8.49. The summed E-state index contributed by atoms with van der Waals surface area (Å²) in [7, 11) is 1.63. The van der Waals surface area contributed by atoms with Crippen molar-refractivity contribution in [3.8, 4) is 11.5 Å². The maximum Gasteiger partial charge on any atom is 0.223 e. The summed E-state index contributed by atoms with van der Waals surface area (Å²) in [5, 5.41) is 3.08. The number of benzene rings is 1. The van der Waals surface area contributed by atoms with Gasteiger partial charge in [0.1, 0.15) is 11.5 Å². The van der Waals surface area contributed by atoms with E-state index < -0.39 is 0 Å². The fourth-order valence-corrected chi connectivity index (χ4v) is 3.12. The van der Waals surface area contributed by atoms with Crippen LogP contribution in [0.4, 0.5) is 0 Å². The lowest BCUT2D eigenvalue weighted by Crippen LogP contribution is -2.46. The summed E-state index contributed by atoms with van der Waals surface area (Å²) in [6.45, 7) is 0.871. The van der Waals surface area contributed by atoms with E-state index in [4.69, 9.17) is 15.2 Å². The summed E-state index contributed by atoms with van der Waals surface area (Å²) in [6.07, 6.45) is 6.48. The summed E-state index contributed by atoms with van der Waals surface area (Å²) < 4.78 is 10.7. The molecule has 0 saturated heterocycles. The van der Waals surface area contributed by atoms with Crippen LogP contribution in [0.15, 0.2) is 24.3 Å². The first-order valence-corrected chi connectivity index (χ1v) is 8.49. The smallest absolute Gasteiger partial charge is 0.223 e. The normalized spacial score (nSPS) is 16.6. The molecule has 1 aromatic carbocycles.